The van der Waals surface area contributed by atoms with E-state index in [0.717, 1.165) is 6.42 Å². The SMILES string of the molecule is [CH2]CC(C)(CC)C(=O)OC. The monoisotopic (exact) mass is 143 g/mol. The quantitative estimate of drug-likeness (QED) is 0.563. The molecule has 1 atom stereocenters. The Kier molecular flexibility index (Phi) is 3.40. The summed E-state index contributed by atoms with van der Waals surface area (Å²) in [5.74, 6) is -0.162. The van der Waals surface area contributed by atoms with Crippen LogP contribution in [0, 0.1) is 12.3 Å². The van der Waals surface area contributed by atoms with E-state index in [2.05, 4.69) is 11.7 Å². The predicted molar refractivity (Wildman–Crippen MR) is 40.4 cm³/mol. The number of hydrogen-bond donors (Lipinski definition) is 0. The van der Waals surface area contributed by atoms with Crippen LogP contribution in [0.4, 0.5) is 0 Å². The Labute approximate surface area is 62.6 Å². The van der Waals surface area contributed by atoms with Gasteiger partial charge in [0, 0.05) is 0 Å². The minimum absolute atomic E-state index is 0.162. The van der Waals surface area contributed by atoms with Crippen molar-refractivity contribution in [2.24, 2.45) is 5.41 Å². The summed E-state index contributed by atoms with van der Waals surface area (Å²) in [5.41, 5.74) is -0.380. The van der Waals surface area contributed by atoms with E-state index in [4.69, 9.17) is 0 Å². The molecule has 0 aromatic heterocycles. The van der Waals surface area contributed by atoms with E-state index < -0.39 is 0 Å². The van der Waals surface area contributed by atoms with Crippen molar-refractivity contribution in [3.8, 4) is 0 Å². The highest BCUT2D eigenvalue weighted by molar-refractivity contribution is 5.76. The third-order valence-electron chi connectivity index (χ3n) is 2.01. The molecule has 0 fully saturated rings. The Morgan fingerprint density at radius 3 is 2.30 bits per heavy atom. The van der Waals surface area contributed by atoms with Crippen LogP contribution in [0.5, 0.6) is 0 Å². The lowest BCUT2D eigenvalue weighted by Gasteiger charge is -2.22. The summed E-state index contributed by atoms with van der Waals surface area (Å²) in [6, 6.07) is 0. The lowest BCUT2D eigenvalue weighted by Crippen LogP contribution is -2.27. The van der Waals surface area contributed by atoms with Gasteiger partial charge in [0.15, 0.2) is 0 Å². The van der Waals surface area contributed by atoms with Crippen molar-refractivity contribution in [2.75, 3.05) is 7.11 Å². The first-order chi connectivity index (χ1) is 4.60. The van der Waals surface area contributed by atoms with Gasteiger partial charge in [-0.15, -0.1) is 0 Å². The Hall–Kier alpha value is -0.530. The lowest BCUT2D eigenvalue weighted by atomic mass is 9.85. The molecule has 0 amide bonds. The van der Waals surface area contributed by atoms with E-state index in [1.807, 2.05) is 13.8 Å². The van der Waals surface area contributed by atoms with Crippen molar-refractivity contribution < 1.29 is 9.53 Å². The number of carbonyl (C=O) groups excluding carboxylic acids is 1. The number of methoxy groups -OCH3 is 1. The smallest absolute Gasteiger partial charge is 0.311 e. The largest absolute Gasteiger partial charge is 0.469 e. The van der Waals surface area contributed by atoms with Crippen molar-refractivity contribution >= 4 is 5.97 Å². The van der Waals surface area contributed by atoms with Crippen LogP contribution in [-0.4, -0.2) is 13.1 Å². The van der Waals surface area contributed by atoms with Crippen molar-refractivity contribution in [1.82, 2.24) is 0 Å². The zero-order chi connectivity index (χ0) is 8.20. The average Bonchev–Trinajstić information content (AvgIpc) is 2.01. The zero-order valence-electron chi connectivity index (χ0n) is 6.94. The molecule has 1 radical (unpaired) electrons. The van der Waals surface area contributed by atoms with Crippen molar-refractivity contribution in [2.45, 2.75) is 26.7 Å². The molecular weight excluding hydrogens is 128 g/mol. The third-order valence-corrected chi connectivity index (χ3v) is 2.01. The first kappa shape index (κ1) is 9.47. The average molecular weight is 143 g/mol. The summed E-state index contributed by atoms with van der Waals surface area (Å²) in [7, 11) is 1.41. The molecule has 0 aromatic carbocycles. The molecule has 10 heavy (non-hydrogen) atoms. The normalized spacial score (nSPS) is 11.2. The van der Waals surface area contributed by atoms with E-state index >= 15 is 0 Å². The van der Waals surface area contributed by atoms with Gasteiger partial charge >= 0.3 is 5.97 Å². The minimum atomic E-state index is -0.380. The lowest BCUT2D eigenvalue weighted by molar-refractivity contribution is -0.151. The van der Waals surface area contributed by atoms with Crippen LogP contribution >= 0.6 is 0 Å². The molecule has 0 rings (SSSR count). The fourth-order valence-corrected chi connectivity index (χ4v) is 0.670. The topological polar surface area (TPSA) is 26.3 Å². The van der Waals surface area contributed by atoms with Gasteiger partial charge in [0.25, 0.3) is 0 Å². The highest BCUT2D eigenvalue weighted by atomic mass is 16.5. The van der Waals surface area contributed by atoms with Gasteiger partial charge in [-0.05, 0) is 19.8 Å². The molecule has 0 aliphatic heterocycles. The van der Waals surface area contributed by atoms with Crippen LogP contribution < -0.4 is 0 Å². The van der Waals surface area contributed by atoms with Gasteiger partial charge in [-0.1, -0.05) is 13.8 Å². The molecule has 0 aliphatic rings. The van der Waals surface area contributed by atoms with E-state index in [9.17, 15) is 4.79 Å². The Balaban J connectivity index is 4.17. The molecule has 0 heterocycles. The third kappa shape index (κ3) is 1.72. The molecule has 0 spiro atoms. The summed E-state index contributed by atoms with van der Waals surface area (Å²) in [5, 5.41) is 0. The summed E-state index contributed by atoms with van der Waals surface area (Å²) < 4.78 is 4.62. The first-order valence-electron chi connectivity index (χ1n) is 3.48. The molecule has 2 heteroatoms. The van der Waals surface area contributed by atoms with Crippen LogP contribution in [0.25, 0.3) is 0 Å². The summed E-state index contributed by atoms with van der Waals surface area (Å²) in [4.78, 5) is 11.0. The minimum Gasteiger partial charge on any atom is -0.469 e. The molecule has 0 N–H and O–H groups in total. The van der Waals surface area contributed by atoms with Crippen LogP contribution in [0.3, 0.4) is 0 Å². The standard InChI is InChI=1S/C8H15O2/c1-5-8(3,6-2)7(9)10-4/h1,5-6H2,2-4H3. The van der Waals surface area contributed by atoms with Crippen LogP contribution in [-0.2, 0) is 9.53 Å². The van der Waals surface area contributed by atoms with Gasteiger partial charge in [0.2, 0.25) is 0 Å². The maximum Gasteiger partial charge on any atom is 0.311 e. The summed E-state index contributed by atoms with van der Waals surface area (Å²) in [6.07, 6.45) is 1.37. The van der Waals surface area contributed by atoms with E-state index in [1.54, 1.807) is 0 Å². The predicted octanol–water partition coefficient (Wildman–Crippen LogP) is 1.80. The van der Waals surface area contributed by atoms with E-state index in [0.29, 0.717) is 6.42 Å². The highest BCUT2D eigenvalue weighted by Gasteiger charge is 2.29. The number of hydrogen-bond acceptors (Lipinski definition) is 2. The van der Waals surface area contributed by atoms with E-state index in [1.165, 1.54) is 7.11 Å². The molecule has 0 saturated carbocycles. The first-order valence-corrected chi connectivity index (χ1v) is 3.48. The number of esters is 1. The molecule has 0 aromatic rings. The van der Waals surface area contributed by atoms with Gasteiger partial charge in [-0.2, -0.15) is 0 Å². The van der Waals surface area contributed by atoms with Gasteiger partial charge < -0.3 is 4.74 Å². The van der Waals surface area contributed by atoms with Crippen LogP contribution in [0.15, 0.2) is 0 Å². The highest BCUT2D eigenvalue weighted by Crippen LogP contribution is 2.26. The number of ether oxygens (including phenoxy) is 1. The number of rotatable bonds is 3. The van der Waals surface area contributed by atoms with Gasteiger partial charge in [0.1, 0.15) is 0 Å². The second-order valence-corrected chi connectivity index (χ2v) is 2.66. The van der Waals surface area contributed by atoms with E-state index in [-0.39, 0.29) is 11.4 Å². The maximum absolute atomic E-state index is 11.0. The second kappa shape index (κ2) is 3.59. The Morgan fingerprint density at radius 2 is 2.20 bits per heavy atom. The molecule has 1 unspecified atom stereocenters. The molecular formula is C8H15O2. The van der Waals surface area contributed by atoms with Crippen molar-refractivity contribution in [3.05, 3.63) is 6.92 Å². The fourth-order valence-electron chi connectivity index (χ4n) is 0.670. The molecule has 0 aliphatic carbocycles. The maximum atomic E-state index is 11.0. The Bertz CT molecular complexity index is 114. The molecule has 2 nitrogen and oxygen atoms in total. The van der Waals surface area contributed by atoms with Crippen LogP contribution in [0.1, 0.15) is 26.7 Å². The molecule has 0 saturated heterocycles. The van der Waals surface area contributed by atoms with Crippen molar-refractivity contribution in [3.63, 3.8) is 0 Å². The summed E-state index contributed by atoms with van der Waals surface area (Å²) >= 11 is 0. The molecule has 0 bridgehead atoms. The fraction of sp³-hybridized carbons (Fsp3) is 0.750. The van der Waals surface area contributed by atoms with Gasteiger partial charge in [-0.3, -0.25) is 4.79 Å². The summed E-state index contributed by atoms with van der Waals surface area (Å²) in [6.45, 7) is 7.52. The Morgan fingerprint density at radius 1 is 1.70 bits per heavy atom. The zero-order valence-corrected chi connectivity index (χ0v) is 6.94. The molecule has 59 valence electrons. The number of carbonyl (C=O) groups is 1. The van der Waals surface area contributed by atoms with Crippen LogP contribution in [0.2, 0.25) is 0 Å². The second-order valence-electron chi connectivity index (χ2n) is 2.66. The van der Waals surface area contributed by atoms with Gasteiger partial charge in [-0.25, -0.2) is 0 Å². The van der Waals surface area contributed by atoms with Crippen molar-refractivity contribution in [1.29, 1.82) is 0 Å². The van der Waals surface area contributed by atoms with Gasteiger partial charge in [0.05, 0.1) is 12.5 Å².